The van der Waals surface area contributed by atoms with E-state index in [1.54, 1.807) is 32.3 Å². The topological polar surface area (TPSA) is 147 Å². The van der Waals surface area contributed by atoms with Gasteiger partial charge in [0.1, 0.15) is 35.9 Å². The lowest BCUT2D eigenvalue weighted by Crippen LogP contribution is -2.70. The number of nitrogens with zero attached hydrogens (tertiary/aromatic N) is 3. The van der Waals surface area contributed by atoms with Crippen molar-refractivity contribution in [2.45, 2.75) is 127 Å². The molecule has 3 aliphatic heterocycles. The summed E-state index contributed by atoms with van der Waals surface area (Å²) in [5.41, 5.74) is 0.939. The van der Waals surface area contributed by atoms with Crippen LogP contribution in [-0.2, 0) is 51.2 Å². The van der Waals surface area contributed by atoms with Gasteiger partial charge in [-0.05, 0) is 35.6 Å². The van der Waals surface area contributed by atoms with Gasteiger partial charge in [0.05, 0.1) is 13.2 Å². The summed E-state index contributed by atoms with van der Waals surface area (Å²) < 4.78 is 20.2. The lowest BCUT2D eigenvalue weighted by atomic mass is 9.62. The van der Waals surface area contributed by atoms with Crippen molar-refractivity contribution in [2.75, 3.05) is 34.3 Å². The van der Waals surface area contributed by atoms with E-state index in [0.717, 1.165) is 55.2 Å². The first-order chi connectivity index (χ1) is 27.5. The van der Waals surface area contributed by atoms with Crippen LogP contribution >= 0.6 is 0 Å². The standard InChI is InChI=1S/C44H60N4O9/c1-6-8-13-22-43(23-14-9-7-2)55-36-34-28-44(42(53)47(5)33(40(51)45-24-25-49)27-30-16-11-10-12-17-30)38(41(52)54-34)48(57-39(44)37(36)56-43)29-32-19-15-18-31(26-32)20-21-35(50)46(3)4/h10-12,15-21,26,33-34,36-39,49H,6-9,13-14,22-25,27-29H2,1-5H3,(H,45,51)/t33-,34?,36+,37+,38+,39-,44?/m1/s1. The van der Waals surface area contributed by atoms with Gasteiger partial charge in [-0.25, -0.2) is 0 Å². The highest BCUT2D eigenvalue weighted by Gasteiger charge is 2.76. The average molecular weight is 789 g/mol. The van der Waals surface area contributed by atoms with Gasteiger partial charge in [-0.3, -0.25) is 24.0 Å². The zero-order valence-electron chi connectivity index (χ0n) is 34.1. The Morgan fingerprint density at radius 3 is 2.30 bits per heavy atom. The number of esters is 1. The van der Waals surface area contributed by atoms with Crippen molar-refractivity contribution in [1.82, 2.24) is 20.2 Å². The number of rotatable bonds is 19. The number of amides is 3. The minimum Gasteiger partial charge on any atom is -0.458 e. The second-order valence-corrected chi connectivity index (χ2v) is 16.2. The first-order valence-electron chi connectivity index (χ1n) is 20.6. The maximum atomic E-state index is 15.5. The molecule has 2 aromatic rings. The third kappa shape index (κ3) is 8.97. The fourth-order valence-electron chi connectivity index (χ4n) is 8.98. The molecule has 2 unspecified atom stereocenters. The molecule has 310 valence electrons. The third-order valence-electron chi connectivity index (χ3n) is 11.9. The second-order valence-electron chi connectivity index (χ2n) is 16.2. The van der Waals surface area contributed by atoms with Crippen molar-refractivity contribution < 1.29 is 43.3 Å². The maximum absolute atomic E-state index is 15.5. The number of ether oxygens (including phenoxy) is 3. The number of fused-ring (bicyclic) bond motifs is 4. The van der Waals surface area contributed by atoms with Gasteiger partial charge < -0.3 is 34.4 Å². The highest BCUT2D eigenvalue weighted by atomic mass is 16.8. The molecule has 3 saturated heterocycles. The van der Waals surface area contributed by atoms with E-state index in [-0.39, 0.29) is 38.4 Å². The van der Waals surface area contributed by atoms with Crippen molar-refractivity contribution in [3.8, 4) is 0 Å². The molecule has 6 rings (SSSR count). The molecule has 0 aromatic heterocycles. The van der Waals surface area contributed by atoms with E-state index >= 15 is 4.79 Å². The van der Waals surface area contributed by atoms with E-state index in [4.69, 9.17) is 19.0 Å². The van der Waals surface area contributed by atoms with Gasteiger partial charge in [0, 0.05) is 59.4 Å². The summed E-state index contributed by atoms with van der Waals surface area (Å²) in [6.07, 6.45) is 7.71. The van der Waals surface area contributed by atoms with E-state index in [1.807, 2.05) is 54.6 Å². The summed E-state index contributed by atoms with van der Waals surface area (Å²) in [5.74, 6) is -2.50. The normalized spacial score (nSPS) is 26.5. The Bertz CT molecular complexity index is 1740. The van der Waals surface area contributed by atoms with Crippen LogP contribution < -0.4 is 5.32 Å². The Balaban J connectivity index is 1.39. The zero-order chi connectivity index (χ0) is 40.7. The van der Waals surface area contributed by atoms with Gasteiger partial charge in [-0.1, -0.05) is 94.1 Å². The smallest absolute Gasteiger partial charge is 0.327 e. The van der Waals surface area contributed by atoms with Crippen LogP contribution in [0.5, 0.6) is 0 Å². The maximum Gasteiger partial charge on any atom is 0.327 e. The van der Waals surface area contributed by atoms with Gasteiger partial charge in [0.2, 0.25) is 17.7 Å². The van der Waals surface area contributed by atoms with Crippen LogP contribution in [-0.4, -0.2) is 120 Å². The molecule has 1 aliphatic carbocycles. The first kappa shape index (κ1) is 42.5. The number of hydroxylamine groups is 2. The van der Waals surface area contributed by atoms with Crippen LogP contribution in [0.1, 0.15) is 88.3 Å². The van der Waals surface area contributed by atoms with Gasteiger partial charge in [0.25, 0.3) is 0 Å². The van der Waals surface area contributed by atoms with Crippen LogP contribution in [0.2, 0.25) is 0 Å². The Morgan fingerprint density at radius 2 is 1.63 bits per heavy atom. The minimum atomic E-state index is -1.48. The molecule has 4 fully saturated rings. The number of unbranched alkanes of at least 4 members (excludes halogenated alkanes) is 4. The third-order valence-corrected chi connectivity index (χ3v) is 11.9. The quantitative estimate of drug-likeness (QED) is 0.119. The Morgan fingerprint density at radius 1 is 0.947 bits per heavy atom. The number of likely N-dealkylation sites (N-methyl/N-ethyl adjacent to an activating group) is 2. The largest absolute Gasteiger partial charge is 0.458 e. The van der Waals surface area contributed by atoms with Crippen molar-refractivity contribution >= 4 is 29.8 Å². The predicted octanol–water partition coefficient (Wildman–Crippen LogP) is 4.41. The van der Waals surface area contributed by atoms with E-state index < -0.39 is 65.5 Å². The number of carbonyl (C=O) groups is 4. The van der Waals surface area contributed by atoms with E-state index in [9.17, 15) is 19.5 Å². The molecule has 3 amide bonds. The lowest BCUT2D eigenvalue weighted by Gasteiger charge is -2.50. The molecule has 3 heterocycles. The van der Waals surface area contributed by atoms with Gasteiger partial charge in [-0.15, -0.1) is 0 Å². The summed E-state index contributed by atoms with van der Waals surface area (Å²) in [6.45, 7) is 4.20. The molecule has 1 saturated carbocycles. The summed E-state index contributed by atoms with van der Waals surface area (Å²) in [5, 5.41) is 13.9. The molecule has 2 N–H and O–H groups in total. The fraction of sp³-hybridized carbons (Fsp3) is 0.591. The Hall–Kier alpha value is -4.14. The van der Waals surface area contributed by atoms with E-state index in [2.05, 4.69) is 19.2 Å². The van der Waals surface area contributed by atoms with Crippen molar-refractivity contribution in [3.05, 3.63) is 77.4 Å². The monoisotopic (exact) mass is 788 g/mol. The van der Waals surface area contributed by atoms with Gasteiger partial charge in [0.15, 0.2) is 11.8 Å². The number of hydrogen-bond acceptors (Lipinski definition) is 10. The number of hydrogen-bond donors (Lipinski definition) is 2. The molecule has 2 bridgehead atoms. The molecule has 13 heteroatoms. The van der Waals surface area contributed by atoms with Gasteiger partial charge in [-0.2, -0.15) is 5.06 Å². The van der Waals surface area contributed by atoms with Crippen LogP contribution in [0.25, 0.3) is 6.08 Å². The minimum absolute atomic E-state index is 0.0263. The summed E-state index contributed by atoms with van der Waals surface area (Å²) in [6, 6.07) is 14.9. The van der Waals surface area contributed by atoms with Crippen LogP contribution in [0.15, 0.2) is 60.7 Å². The van der Waals surface area contributed by atoms with E-state index in [1.165, 1.54) is 15.9 Å². The second kappa shape index (κ2) is 18.6. The SMILES string of the molecule is CCCCCC1(CCCCC)O[C@@H]2[C@H]3ON(Cc4cccc(C=CC(=O)N(C)C)c4)[C@H]4C(=O)OC(CC34C(=O)N(C)[C@H](Cc3ccccc3)C(=O)NCCO)[C@@H]2O1. The number of nitrogens with one attached hydrogen (secondary N) is 1. The molecular formula is C44H60N4O9. The molecule has 7 atom stereocenters. The molecule has 13 nitrogen and oxygen atoms in total. The van der Waals surface area contributed by atoms with E-state index in [0.29, 0.717) is 12.8 Å². The van der Waals surface area contributed by atoms with Crippen LogP contribution in [0.4, 0.5) is 0 Å². The molecule has 4 aliphatic rings. The number of benzene rings is 2. The van der Waals surface area contributed by atoms with Gasteiger partial charge >= 0.3 is 5.97 Å². The average Bonchev–Trinajstić information content (AvgIpc) is 3.76. The fourth-order valence-corrected chi connectivity index (χ4v) is 8.98. The molecule has 57 heavy (non-hydrogen) atoms. The summed E-state index contributed by atoms with van der Waals surface area (Å²) >= 11 is 0. The van der Waals surface area contributed by atoms with Crippen LogP contribution in [0, 0.1) is 5.41 Å². The Kier molecular flexibility index (Phi) is 13.9. The van der Waals surface area contributed by atoms with Crippen LogP contribution in [0.3, 0.4) is 0 Å². The molecule has 2 aromatic carbocycles. The van der Waals surface area contributed by atoms with Crippen molar-refractivity contribution in [2.24, 2.45) is 5.41 Å². The summed E-state index contributed by atoms with van der Waals surface area (Å²) in [4.78, 5) is 65.9. The first-order valence-corrected chi connectivity index (χ1v) is 20.6. The van der Waals surface area contributed by atoms with Crippen molar-refractivity contribution in [1.29, 1.82) is 0 Å². The lowest BCUT2D eigenvalue weighted by molar-refractivity contribution is -0.225. The number of aliphatic hydroxyl groups excluding tert-OH is 1. The summed E-state index contributed by atoms with van der Waals surface area (Å²) in [7, 11) is 4.97. The number of aliphatic hydroxyl groups is 1. The zero-order valence-corrected chi connectivity index (χ0v) is 34.1. The highest BCUT2D eigenvalue weighted by molar-refractivity contribution is 5.96. The number of carbonyl (C=O) groups excluding carboxylic acids is 4. The molecular weight excluding hydrogens is 729 g/mol. The highest BCUT2D eigenvalue weighted by Crippen LogP contribution is 2.58. The molecule has 0 spiro atoms. The molecule has 0 radical (unpaired) electrons. The Labute approximate surface area is 336 Å². The van der Waals surface area contributed by atoms with Crippen molar-refractivity contribution in [3.63, 3.8) is 0 Å². The predicted molar refractivity (Wildman–Crippen MR) is 213 cm³/mol.